The van der Waals surface area contributed by atoms with Crippen molar-refractivity contribution in [3.8, 4) is 0 Å². The molecule has 2 nitrogen and oxygen atoms in total. The number of carbonyl (C=O) groups excluding carboxylic acids is 1. The van der Waals surface area contributed by atoms with Gasteiger partial charge in [0.25, 0.3) is 0 Å². The molecule has 1 aromatic carbocycles. The van der Waals surface area contributed by atoms with Gasteiger partial charge in [-0.05, 0) is 18.9 Å². The van der Waals surface area contributed by atoms with E-state index < -0.39 is 0 Å². The lowest BCUT2D eigenvalue weighted by Gasteiger charge is -2.10. The number of rotatable bonds is 4. The second kappa shape index (κ2) is 5.43. The zero-order chi connectivity index (χ0) is 10.4. The fraction of sp³-hybridized carbons (Fsp3) is 0.417. The number of esters is 1. The minimum absolute atomic E-state index is 0.141. The van der Waals surface area contributed by atoms with Gasteiger partial charge in [-0.2, -0.15) is 0 Å². The third-order valence-corrected chi connectivity index (χ3v) is 2.10. The van der Waals surface area contributed by atoms with Crippen LogP contribution in [0.3, 0.4) is 0 Å². The average molecular weight is 192 g/mol. The van der Waals surface area contributed by atoms with Crippen molar-refractivity contribution in [1.29, 1.82) is 0 Å². The van der Waals surface area contributed by atoms with E-state index in [0.29, 0.717) is 6.61 Å². The van der Waals surface area contributed by atoms with Gasteiger partial charge in [0.1, 0.15) is 0 Å². The molecular weight excluding hydrogens is 176 g/mol. The second-order valence-electron chi connectivity index (χ2n) is 3.30. The van der Waals surface area contributed by atoms with Gasteiger partial charge in [0.2, 0.25) is 0 Å². The highest BCUT2D eigenvalue weighted by Gasteiger charge is 2.15. The normalized spacial score (nSPS) is 12.1. The van der Waals surface area contributed by atoms with E-state index in [1.807, 2.05) is 44.2 Å². The largest absolute Gasteiger partial charge is 0.465 e. The molecule has 0 fully saturated rings. The molecule has 0 saturated heterocycles. The first kappa shape index (κ1) is 10.8. The lowest BCUT2D eigenvalue weighted by atomic mass is 10.0. The van der Waals surface area contributed by atoms with E-state index in [2.05, 4.69) is 0 Å². The van der Waals surface area contributed by atoms with Crippen molar-refractivity contribution < 1.29 is 9.53 Å². The Bertz CT molecular complexity index is 280. The van der Waals surface area contributed by atoms with Crippen molar-refractivity contribution in [2.75, 3.05) is 6.61 Å². The van der Waals surface area contributed by atoms with Crippen LogP contribution in [-0.4, -0.2) is 12.6 Å². The molecule has 0 aliphatic carbocycles. The molecule has 2 heteroatoms. The van der Waals surface area contributed by atoms with E-state index in [1.165, 1.54) is 0 Å². The predicted octanol–water partition coefficient (Wildman–Crippen LogP) is 2.74. The first-order valence-electron chi connectivity index (χ1n) is 4.97. The van der Waals surface area contributed by atoms with E-state index in [0.717, 1.165) is 12.0 Å². The molecule has 1 atom stereocenters. The van der Waals surface area contributed by atoms with E-state index in [9.17, 15) is 4.79 Å². The zero-order valence-corrected chi connectivity index (χ0v) is 8.69. The smallest absolute Gasteiger partial charge is 0.313 e. The molecule has 0 N–H and O–H groups in total. The van der Waals surface area contributed by atoms with Gasteiger partial charge in [0.05, 0.1) is 12.5 Å². The van der Waals surface area contributed by atoms with E-state index in [-0.39, 0.29) is 11.9 Å². The summed E-state index contributed by atoms with van der Waals surface area (Å²) in [6.07, 6.45) is 0.868. The van der Waals surface area contributed by atoms with Gasteiger partial charge in [-0.3, -0.25) is 4.79 Å². The molecule has 0 unspecified atom stereocenters. The van der Waals surface area contributed by atoms with Gasteiger partial charge < -0.3 is 4.74 Å². The van der Waals surface area contributed by atoms with Crippen LogP contribution >= 0.6 is 0 Å². The topological polar surface area (TPSA) is 26.3 Å². The molecule has 76 valence electrons. The van der Waals surface area contributed by atoms with Crippen LogP contribution in [-0.2, 0) is 9.53 Å². The fourth-order valence-corrected chi connectivity index (χ4v) is 1.21. The van der Waals surface area contributed by atoms with Crippen molar-refractivity contribution in [2.24, 2.45) is 0 Å². The summed E-state index contributed by atoms with van der Waals surface area (Å²) < 4.78 is 5.07. The van der Waals surface area contributed by atoms with Crippen molar-refractivity contribution in [3.63, 3.8) is 0 Å². The van der Waals surface area contributed by atoms with Gasteiger partial charge in [0, 0.05) is 0 Å². The maximum Gasteiger partial charge on any atom is 0.313 e. The van der Waals surface area contributed by atoms with Crippen molar-refractivity contribution in [1.82, 2.24) is 0 Å². The Morgan fingerprint density at radius 3 is 2.57 bits per heavy atom. The average Bonchev–Trinajstić information content (AvgIpc) is 2.26. The molecule has 1 rings (SSSR count). The Labute approximate surface area is 84.9 Å². The SMILES string of the molecule is CCCOC(=O)[C@@H](C)c1ccccc1. The number of hydrogen-bond acceptors (Lipinski definition) is 2. The van der Waals surface area contributed by atoms with Crippen LogP contribution < -0.4 is 0 Å². The van der Waals surface area contributed by atoms with Crippen LogP contribution in [0.25, 0.3) is 0 Å². The van der Waals surface area contributed by atoms with E-state index in [1.54, 1.807) is 0 Å². The minimum atomic E-state index is -0.164. The quantitative estimate of drug-likeness (QED) is 0.686. The summed E-state index contributed by atoms with van der Waals surface area (Å²) >= 11 is 0. The fourth-order valence-electron chi connectivity index (χ4n) is 1.21. The Kier molecular flexibility index (Phi) is 4.17. The minimum Gasteiger partial charge on any atom is -0.465 e. The predicted molar refractivity (Wildman–Crippen MR) is 56.1 cm³/mol. The molecule has 0 spiro atoms. The van der Waals surface area contributed by atoms with Gasteiger partial charge >= 0.3 is 5.97 Å². The van der Waals surface area contributed by atoms with Crippen LogP contribution in [0.1, 0.15) is 31.7 Å². The molecule has 0 bridgehead atoms. The number of benzene rings is 1. The summed E-state index contributed by atoms with van der Waals surface area (Å²) in [6.45, 7) is 4.36. The molecule has 0 amide bonds. The third-order valence-electron chi connectivity index (χ3n) is 2.10. The maximum absolute atomic E-state index is 11.5. The molecule has 14 heavy (non-hydrogen) atoms. The summed E-state index contributed by atoms with van der Waals surface area (Å²) in [4.78, 5) is 11.5. The van der Waals surface area contributed by atoms with Crippen molar-refractivity contribution >= 4 is 5.97 Å². The van der Waals surface area contributed by atoms with E-state index >= 15 is 0 Å². The molecule has 0 heterocycles. The van der Waals surface area contributed by atoms with Crippen LogP contribution in [0.15, 0.2) is 30.3 Å². The lowest BCUT2D eigenvalue weighted by molar-refractivity contribution is -0.145. The van der Waals surface area contributed by atoms with Crippen LogP contribution in [0, 0.1) is 0 Å². The summed E-state index contributed by atoms with van der Waals surface area (Å²) in [6, 6.07) is 9.68. The van der Waals surface area contributed by atoms with Crippen molar-refractivity contribution in [3.05, 3.63) is 35.9 Å². The van der Waals surface area contributed by atoms with E-state index in [4.69, 9.17) is 4.74 Å². The highest BCUT2D eigenvalue weighted by molar-refractivity contribution is 5.77. The highest BCUT2D eigenvalue weighted by atomic mass is 16.5. The number of ether oxygens (including phenoxy) is 1. The molecule has 0 aromatic heterocycles. The van der Waals surface area contributed by atoms with Crippen LogP contribution in [0.2, 0.25) is 0 Å². The van der Waals surface area contributed by atoms with Crippen LogP contribution in [0.5, 0.6) is 0 Å². The zero-order valence-electron chi connectivity index (χ0n) is 8.69. The second-order valence-corrected chi connectivity index (χ2v) is 3.30. The molecule has 0 saturated carbocycles. The highest BCUT2D eigenvalue weighted by Crippen LogP contribution is 2.15. The lowest BCUT2D eigenvalue weighted by Crippen LogP contribution is -2.13. The number of hydrogen-bond donors (Lipinski definition) is 0. The van der Waals surface area contributed by atoms with Gasteiger partial charge in [-0.1, -0.05) is 37.3 Å². The summed E-state index contributed by atoms with van der Waals surface area (Å²) in [7, 11) is 0. The molecule has 1 aromatic rings. The van der Waals surface area contributed by atoms with Crippen molar-refractivity contribution in [2.45, 2.75) is 26.2 Å². The summed E-state index contributed by atoms with van der Waals surface area (Å²) in [5.74, 6) is -0.305. The Morgan fingerprint density at radius 2 is 2.00 bits per heavy atom. The van der Waals surface area contributed by atoms with Gasteiger partial charge in [0.15, 0.2) is 0 Å². The summed E-state index contributed by atoms with van der Waals surface area (Å²) in [5, 5.41) is 0. The van der Waals surface area contributed by atoms with Gasteiger partial charge in [-0.15, -0.1) is 0 Å². The Hall–Kier alpha value is -1.31. The number of carbonyl (C=O) groups is 1. The van der Waals surface area contributed by atoms with Crippen LogP contribution in [0.4, 0.5) is 0 Å². The first-order chi connectivity index (χ1) is 6.75. The Morgan fingerprint density at radius 1 is 1.36 bits per heavy atom. The molecule has 0 radical (unpaired) electrons. The van der Waals surface area contributed by atoms with Gasteiger partial charge in [-0.25, -0.2) is 0 Å². The molecular formula is C12H16O2. The summed E-state index contributed by atoms with van der Waals surface area (Å²) in [5.41, 5.74) is 1.01. The monoisotopic (exact) mass is 192 g/mol. The third kappa shape index (κ3) is 2.87. The maximum atomic E-state index is 11.5. The standard InChI is InChI=1S/C12H16O2/c1-3-9-14-12(13)10(2)11-7-5-4-6-8-11/h4-8,10H,3,9H2,1-2H3/t10-/m0/s1. The first-order valence-corrected chi connectivity index (χ1v) is 4.97. The molecule has 0 aliphatic heterocycles. The molecule has 0 aliphatic rings. The Balaban J connectivity index is 2.57.